The SMILES string of the molecule is CCOC(=O)[C@@H](Sc1nnc(Nc2ccc(C)cc2)s1)c1ccccc1. The van der Waals surface area contributed by atoms with Gasteiger partial charge in [0.2, 0.25) is 5.13 Å². The van der Waals surface area contributed by atoms with E-state index in [1.54, 1.807) is 6.92 Å². The van der Waals surface area contributed by atoms with E-state index in [0.29, 0.717) is 16.1 Å². The highest BCUT2D eigenvalue weighted by Gasteiger charge is 2.25. The number of ether oxygens (including phenoxy) is 1. The molecule has 0 unspecified atom stereocenters. The van der Waals surface area contributed by atoms with Gasteiger partial charge >= 0.3 is 5.97 Å². The highest BCUT2D eigenvalue weighted by molar-refractivity contribution is 8.01. The highest BCUT2D eigenvalue weighted by atomic mass is 32.2. The van der Waals surface area contributed by atoms with E-state index in [-0.39, 0.29) is 5.97 Å². The smallest absolute Gasteiger partial charge is 0.324 e. The van der Waals surface area contributed by atoms with Gasteiger partial charge in [0.15, 0.2) is 4.34 Å². The van der Waals surface area contributed by atoms with Crippen molar-refractivity contribution in [2.24, 2.45) is 0 Å². The fraction of sp³-hybridized carbons (Fsp3) is 0.211. The predicted octanol–water partition coefficient (Wildman–Crippen LogP) is 4.99. The second-order valence-corrected chi connectivity index (χ2v) is 7.85. The first-order valence-corrected chi connectivity index (χ1v) is 9.90. The Kier molecular flexibility index (Phi) is 6.25. The molecule has 0 aliphatic carbocycles. The average molecular weight is 386 g/mol. The molecule has 2 aromatic carbocycles. The van der Waals surface area contributed by atoms with Gasteiger partial charge in [-0.3, -0.25) is 4.79 Å². The number of hydrogen-bond acceptors (Lipinski definition) is 7. The summed E-state index contributed by atoms with van der Waals surface area (Å²) in [7, 11) is 0. The Morgan fingerprint density at radius 3 is 2.58 bits per heavy atom. The molecular weight excluding hydrogens is 366 g/mol. The first-order chi connectivity index (χ1) is 12.7. The van der Waals surface area contributed by atoms with Gasteiger partial charge in [-0.2, -0.15) is 0 Å². The maximum atomic E-state index is 12.4. The zero-order chi connectivity index (χ0) is 18.4. The van der Waals surface area contributed by atoms with Crippen LogP contribution in [0.5, 0.6) is 0 Å². The second kappa shape index (κ2) is 8.82. The molecule has 0 fully saturated rings. The quantitative estimate of drug-likeness (QED) is 0.457. The van der Waals surface area contributed by atoms with Crippen LogP contribution in [0.2, 0.25) is 0 Å². The Morgan fingerprint density at radius 1 is 1.15 bits per heavy atom. The Hall–Kier alpha value is -2.38. The van der Waals surface area contributed by atoms with Crippen molar-refractivity contribution in [1.82, 2.24) is 10.2 Å². The Morgan fingerprint density at radius 2 is 1.88 bits per heavy atom. The zero-order valence-corrected chi connectivity index (χ0v) is 16.1. The van der Waals surface area contributed by atoms with Gasteiger partial charge in [0.25, 0.3) is 0 Å². The fourth-order valence-corrected chi connectivity index (χ4v) is 4.23. The van der Waals surface area contributed by atoms with E-state index in [9.17, 15) is 4.79 Å². The molecule has 3 aromatic rings. The lowest BCUT2D eigenvalue weighted by Crippen LogP contribution is -2.13. The highest BCUT2D eigenvalue weighted by Crippen LogP contribution is 2.39. The summed E-state index contributed by atoms with van der Waals surface area (Å²) in [4.78, 5) is 12.4. The van der Waals surface area contributed by atoms with Gasteiger partial charge in [-0.05, 0) is 31.5 Å². The zero-order valence-electron chi connectivity index (χ0n) is 14.5. The topological polar surface area (TPSA) is 64.1 Å². The van der Waals surface area contributed by atoms with Crippen molar-refractivity contribution in [3.8, 4) is 0 Å². The molecule has 0 aliphatic rings. The molecule has 0 saturated carbocycles. The number of nitrogens with one attached hydrogen (secondary N) is 1. The van der Waals surface area contributed by atoms with Crippen molar-refractivity contribution in [3.05, 3.63) is 65.7 Å². The summed E-state index contributed by atoms with van der Waals surface area (Å²) in [6, 6.07) is 17.6. The fourth-order valence-electron chi connectivity index (χ4n) is 2.27. The number of thioether (sulfide) groups is 1. The number of aryl methyl sites for hydroxylation is 1. The number of benzene rings is 2. The van der Waals surface area contributed by atoms with Gasteiger partial charge in [0, 0.05) is 5.69 Å². The number of anilines is 2. The lowest BCUT2D eigenvalue weighted by atomic mass is 10.1. The summed E-state index contributed by atoms with van der Waals surface area (Å²) in [6.45, 7) is 4.20. The van der Waals surface area contributed by atoms with Crippen LogP contribution in [0.25, 0.3) is 0 Å². The largest absolute Gasteiger partial charge is 0.465 e. The van der Waals surface area contributed by atoms with Crippen molar-refractivity contribution >= 4 is 39.9 Å². The lowest BCUT2D eigenvalue weighted by Gasteiger charge is -2.13. The number of carbonyl (C=O) groups is 1. The van der Waals surface area contributed by atoms with Crippen LogP contribution >= 0.6 is 23.1 Å². The molecule has 0 radical (unpaired) electrons. The molecule has 0 bridgehead atoms. The minimum absolute atomic E-state index is 0.271. The third-order valence-corrected chi connectivity index (χ3v) is 5.69. The maximum absolute atomic E-state index is 12.4. The third kappa shape index (κ3) is 4.83. The molecule has 0 aliphatic heterocycles. The number of nitrogens with zero attached hydrogens (tertiary/aromatic N) is 2. The van der Waals surface area contributed by atoms with E-state index in [1.807, 2.05) is 61.5 Å². The van der Waals surface area contributed by atoms with E-state index < -0.39 is 5.25 Å². The molecule has 0 spiro atoms. The summed E-state index contributed by atoms with van der Waals surface area (Å²) in [5, 5.41) is 11.8. The molecule has 7 heteroatoms. The van der Waals surface area contributed by atoms with E-state index in [0.717, 1.165) is 11.3 Å². The van der Waals surface area contributed by atoms with Gasteiger partial charge in [-0.15, -0.1) is 10.2 Å². The van der Waals surface area contributed by atoms with Gasteiger partial charge in [-0.1, -0.05) is 71.1 Å². The number of carbonyl (C=O) groups excluding carboxylic acids is 1. The molecule has 1 heterocycles. The van der Waals surface area contributed by atoms with E-state index in [2.05, 4.69) is 15.5 Å². The molecule has 3 rings (SSSR count). The summed E-state index contributed by atoms with van der Waals surface area (Å²) in [6.07, 6.45) is 0. The summed E-state index contributed by atoms with van der Waals surface area (Å²) in [5.41, 5.74) is 3.04. The van der Waals surface area contributed by atoms with E-state index >= 15 is 0 Å². The van der Waals surface area contributed by atoms with Crippen LogP contribution in [0.1, 0.15) is 23.3 Å². The van der Waals surface area contributed by atoms with Crippen molar-refractivity contribution in [2.75, 3.05) is 11.9 Å². The van der Waals surface area contributed by atoms with Crippen molar-refractivity contribution in [3.63, 3.8) is 0 Å². The van der Waals surface area contributed by atoms with Gasteiger partial charge in [0.1, 0.15) is 5.25 Å². The molecule has 1 N–H and O–H groups in total. The minimum atomic E-state index is -0.462. The van der Waals surface area contributed by atoms with Crippen LogP contribution in [0, 0.1) is 6.92 Å². The molecule has 1 aromatic heterocycles. The molecule has 134 valence electrons. The lowest BCUT2D eigenvalue weighted by molar-refractivity contribution is -0.142. The average Bonchev–Trinajstić information content (AvgIpc) is 3.09. The number of aromatic nitrogens is 2. The number of rotatable bonds is 7. The van der Waals surface area contributed by atoms with E-state index in [4.69, 9.17) is 4.74 Å². The Balaban J connectivity index is 1.74. The van der Waals surface area contributed by atoms with Crippen molar-refractivity contribution in [2.45, 2.75) is 23.4 Å². The normalized spacial score (nSPS) is 11.8. The van der Waals surface area contributed by atoms with Gasteiger partial charge in [0.05, 0.1) is 6.61 Å². The summed E-state index contributed by atoms with van der Waals surface area (Å²) < 4.78 is 5.94. The summed E-state index contributed by atoms with van der Waals surface area (Å²) >= 11 is 2.77. The first-order valence-electron chi connectivity index (χ1n) is 8.21. The minimum Gasteiger partial charge on any atom is -0.465 e. The third-order valence-electron chi connectivity index (χ3n) is 3.53. The molecule has 26 heavy (non-hydrogen) atoms. The monoisotopic (exact) mass is 385 g/mol. The predicted molar refractivity (Wildman–Crippen MR) is 106 cm³/mol. The van der Waals surface area contributed by atoms with Crippen molar-refractivity contribution < 1.29 is 9.53 Å². The Bertz CT molecular complexity index is 851. The van der Waals surface area contributed by atoms with Gasteiger partial charge in [-0.25, -0.2) is 0 Å². The van der Waals surface area contributed by atoms with Crippen LogP contribution < -0.4 is 5.32 Å². The number of hydrogen-bond donors (Lipinski definition) is 1. The molecule has 1 atom stereocenters. The first kappa shape index (κ1) is 18.4. The Labute approximate surface area is 160 Å². The van der Waals surface area contributed by atoms with Crippen LogP contribution in [-0.2, 0) is 9.53 Å². The maximum Gasteiger partial charge on any atom is 0.324 e. The van der Waals surface area contributed by atoms with Crippen LogP contribution in [0.15, 0.2) is 58.9 Å². The standard InChI is InChI=1S/C19H19N3O2S2/c1-3-24-17(23)16(14-7-5-4-6-8-14)25-19-22-21-18(26-19)20-15-11-9-13(2)10-12-15/h4-12,16H,3H2,1-2H3,(H,20,21)/t16-/m0/s1. The molecular formula is C19H19N3O2S2. The van der Waals surface area contributed by atoms with Gasteiger partial charge < -0.3 is 10.1 Å². The molecule has 0 saturated heterocycles. The van der Waals surface area contributed by atoms with Crippen LogP contribution in [-0.4, -0.2) is 22.8 Å². The number of esters is 1. The summed E-state index contributed by atoms with van der Waals surface area (Å²) in [5.74, 6) is -0.271. The van der Waals surface area contributed by atoms with E-state index in [1.165, 1.54) is 28.7 Å². The molecule has 5 nitrogen and oxygen atoms in total. The van der Waals surface area contributed by atoms with Crippen LogP contribution in [0.4, 0.5) is 10.8 Å². The van der Waals surface area contributed by atoms with Crippen molar-refractivity contribution in [1.29, 1.82) is 0 Å². The second-order valence-electron chi connectivity index (χ2n) is 5.52. The van der Waals surface area contributed by atoms with Crippen LogP contribution in [0.3, 0.4) is 0 Å². The molecule has 0 amide bonds.